The van der Waals surface area contributed by atoms with Crippen molar-refractivity contribution >= 4 is 70.0 Å². The zero-order chi connectivity index (χ0) is 19.0. The number of nitrogens with zero attached hydrogens (tertiary/aromatic N) is 2. The molecule has 2 amide bonds. The van der Waals surface area contributed by atoms with Gasteiger partial charge in [-0.2, -0.15) is 0 Å². The lowest BCUT2D eigenvalue weighted by molar-refractivity contribution is -0.122. The van der Waals surface area contributed by atoms with Crippen LogP contribution in [0.15, 0.2) is 40.3 Å². The van der Waals surface area contributed by atoms with E-state index in [2.05, 4.69) is 5.32 Å². The number of carbonyl (C=O) groups excluding carboxylic acids is 2. The molecular formula is C17H13Cl2N3O3S. The van der Waals surface area contributed by atoms with Crippen molar-refractivity contribution in [2.24, 2.45) is 0 Å². The van der Waals surface area contributed by atoms with Crippen LogP contribution in [-0.2, 0) is 9.59 Å². The second-order valence-corrected chi connectivity index (χ2v) is 6.77. The Morgan fingerprint density at radius 1 is 1.19 bits per heavy atom. The average Bonchev–Trinajstić information content (AvgIpc) is 3.04. The maximum absolute atomic E-state index is 12.9. The third-order valence-corrected chi connectivity index (χ3v) is 4.71. The molecule has 1 N–H and O–H groups in total. The molecule has 134 valence electrons. The minimum atomic E-state index is -0.620. The van der Waals surface area contributed by atoms with Gasteiger partial charge in [-0.05, 0) is 36.5 Å². The highest BCUT2D eigenvalue weighted by Gasteiger charge is 2.36. The highest BCUT2D eigenvalue weighted by molar-refractivity contribution is 7.80. The number of nitrogens with one attached hydrogen (secondary N) is 1. The molecule has 26 heavy (non-hydrogen) atoms. The summed E-state index contributed by atoms with van der Waals surface area (Å²) in [4.78, 5) is 28.1. The molecule has 1 fully saturated rings. The second kappa shape index (κ2) is 7.11. The third kappa shape index (κ3) is 3.33. The molecule has 0 bridgehead atoms. The van der Waals surface area contributed by atoms with Crippen molar-refractivity contribution < 1.29 is 14.0 Å². The zero-order valence-corrected chi connectivity index (χ0v) is 16.1. The van der Waals surface area contributed by atoms with Crippen LogP contribution in [0.25, 0.3) is 6.08 Å². The van der Waals surface area contributed by atoms with Gasteiger partial charge in [0.15, 0.2) is 11.0 Å². The smallest absolute Gasteiger partial charge is 0.270 e. The minimum Gasteiger partial charge on any atom is -0.441 e. The summed E-state index contributed by atoms with van der Waals surface area (Å²) < 4.78 is 5.57. The highest BCUT2D eigenvalue weighted by atomic mass is 35.5. The number of amides is 2. The topological polar surface area (TPSA) is 65.8 Å². The van der Waals surface area contributed by atoms with Crippen LogP contribution in [0.2, 0.25) is 10.0 Å². The Labute approximate surface area is 164 Å². The molecule has 1 aliphatic heterocycles. The van der Waals surface area contributed by atoms with Gasteiger partial charge in [0.05, 0.1) is 15.7 Å². The van der Waals surface area contributed by atoms with Gasteiger partial charge in [0.25, 0.3) is 11.8 Å². The van der Waals surface area contributed by atoms with Crippen LogP contribution in [0, 0.1) is 0 Å². The Morgan fingerprint density at radius 2 is 1.92 bits per heavy atom. The van der Waals surface area contributed by atoms with Crippen LogP contribution in [0.4, 0.5) is 11.6 Å². The predicted molar refractivity (Wildman–Crippen MR) is 106 cm³/mol. The first kappa shape index (κ1) is 18.4. The van der Waals surface area contributed by atoms with E-state index in [0.717, 1.165) is 4.90 Å². The molecule has 2 heterocycles. The van der Waals surface area contributed by atoms with Crippen molar-refractivity contribution in [2.45, 2.75) is 0 Å². The van der Waals surface area contributed by atoms with Gasteiger partial charge in [-0.15, -0.1) is 0 Å². The van der Waals surface area contributed by atoms with Gasteiger partial charge >= 0.3 is 0 Å². The number of hydrogen-bond acceptors (Lipinski definition) is 5. The number of halogens is 2. The number of carbonyl (C=O) groups is 2. The molecule has 0 spiro atoms. The largest absolute Gasteiger partial charge is 0.441 e. The summed E-state index contributed by atoms with van der Waals surface area (Å²) in [6.45, 7) is 0. The van der Waals surface area contributed by atoms with Crippen LogP contribution in [0.3, 0.4) is 0 Å². The summed E-state index contributed by atoms with van der Waals surface area (Å²) in [5, 5.41) is 2.83. The van der Waals surface area contributed by atoms with Gasteiger partial charge in [-0.25, -0.2) is 0 Å². The fraction of sp³-hybridized carbons (Fsp3) is 0.118. The Bertz CT molecular complexity index is 952. The monoisotopic (exact) mass is 409 g/mol. The molecule has 3 rings (SSSR count). The van der Waals surface area contributed by atoms with Crippen LogP contribution in [0.1, 0.15) is 5.76 Å². The van der Waals surface area contributed by atoms with E-state index in [1.54, 1.807) is 35.2 Å². The standard InChI is InChI=1S/C17H13Cl2N3O3S/c1-21(2)13-7-6-9(25-13)8-10-15(23)20-17(26)22(16(10)24)12-5-3-4-11(18)14(12)19/h3-8H,1-2H3,(H,20,23,26)/b10-8+. The third-order valence-electron chi connectivity index (χ3n) is 3.61. The number of anilines is 2. The summed E-state index contributed by atoms with van der Waals surface area (Å²) in [6, 6.07) is 8.20. The van der Waals surface area contributed by atoms with E-state index in [-0.39, 0.29) is 26.4 Å². The van der Waals surface area contributed by atoms with Crippen LogP contribution in [-0.4, -0.2) is 31.0 Å². The molecule has 2 aromatic rings. The Hall–Kier alpha value is -2.35. The number of rotatable bonds is 3. The van der Waals surface area contributed by atoms with E-state index < -0.39 is 11.8 Å². The summed E-state index contributed by atoms with van der Waals surface area (Å²) in [5.41, 5.74) is 0.155. The molecule has 1 aliphatic rings. The molecule has 1 aromatic heterocycles. The first-order chi connectivity index (χ1) is 12.3. The van der Waals surface area contributed by atoms with Crippen LogP contribution < -0.4 is 15.1 Å². The van der Waals surface area contributed by atoms with Gasteiger partial charge in [0.1, 0.15) is 11.3 Å². The van der Waals surface area contributed by atoms with Gasteiger partial charge in [0, 0.05) is 20.2 Å². The lowest BCUT2D eigenvalue weighted by Crippen LogP contribution is -2.54. The fourth-order valence-corrected chi connectivity index (χ4v) is 3.00. The van der Waals surface area contributed by atoms with Gasteiger partial charge in [-0.1, -0.05) is 29.3 Å². The molecular weight excluding hydrogens is 397 g/mol. The molecule has 0 unspecified atom stereocenters. The summed E-state index contributed by atoms with van der Waals surface area (Å²) in [5.74, 6) is -0.286. The summed E-state index contributed by atoms with van der Waals surface area (Å²) in [6.07, 6.45) is 1.36. The van der Waals surface area contributed by atoms with Crippen molar-refractivity contribution in [1.82, 2.24) is 5.32 Å². The van der Waals surface area contributed by atoms with Gasteiger partial charge < -0.3 is 9.32 Å². The SMILES string of the molecule is CN(C)c1ccc(/C=C2\C(=O)NC(=S)N(c3cccc(Cl)c3Cl)C2=O)o1. The van der Waals surface area contributed by atoms with Gasteiger partial charge in [-0.3, -0.25) is 19.8 Å². The number of hydrogen-bond donors (Lipinski definition) is 1. The first-order valence-corrected chi connectivity index (χ1v) is 8.58. The normalized spacial score (nSPS) is 16.2. The molecule has 0 atom stereocenters. The molecule has 0 radical (unpaired) electrons. The Balaban J connectivity index is 2.02. The molecule has 0 saturated carbocycles. The molecule has 6 nitrogen and oxygen atoms in total. The molecule has 1 aromatic carbocycles. The zero-order valence-electron chi connectivity index (χ0n) is 13.7. The van der Waals surface area contributed by atoms with Crippen molar-refractivity contribution in [1.29, 1.82) is 0 Å². The number of benzene rings is 1. The lowest BCUT2D eigenvalue weighted by Gasteiger charge is -2.29. The molecule has 0 aliphatic carbocycles. The number of thiocarbonyl (C=S) groups is 1. The summed E-state index contributed by atoms with van der Waals surface area (Å²) >= 11 is 17.4. The number of furan rings is 1. The van der Waals surface area contributed by atoms with E-state index in [1.807, 2.05) is 14.1 Å². The second-order valence-electron chi connectivity index (χ2n) is 5.60. The maximum Gasteiger partial charge on any atom is 0.270 e. The Kier molecular flexibility index (Phi) is 5.04. The molecule has 9 heteroatoms. The van der Waals surface area contributed by atoms with Gasteiger partial charge in [0.2, 0.25) is 0 Å². The van der Waals surface area contributed by atoms with Crippen molar-refractivity contribution in [2.75, 3.05) is 23.9 Å². The van der Waals surface area contributed by atoms with E-state index in [0.29, 0.717) is 11.6 Å². The van der Waals surface area contributed by atoms with Crippen LogP contribution in [0.5, 0.6) is 0 Å². The summed E-state index contributed by atoms with van der Waals surface area (Å²) in [7, 11) is 3.63. The lowest BCUT2D eigenvalue weighted by atomic mass is 10.1. The Morgan fingerprint density at radius 3 is 2.58 bits per heavy atom. The highest BCUT2D eigenvalue weighted by Crippen LogP contribution is 2.34. The van der Waals surface area contributed by atoms with Crippen LogP contribution >= 0.6 is 35.4 Å². The van der Waals surface area contributed by atoms with E-state index in [1.165, 1.54) is 6.08 Å². The van der Waals surface area contributed by atoms with E-state index in [4.69, 9.17) is 39.8 Å². The quantitative estimate of drug-likeness (QED) is 0.477. The molecule has 1 saturated heterocycles. The van der Waals surface area contributed by atoms with Crippen molar-refractivity contribution in [3.05, 3.63) is 51.7 Å². The fourth-order valence-electron chi connectivity index (χ4n) is 2.34. The van der Waals surface area contributed by atoms with E-state index >= 15 is 0 Å². The average molecular weight is 410 g/mol. The van der Waals surface area contributed by atoms with E-state index in [9.17, 15) is 9.59 Å². The van der Waals surface area contributed by atoms with Crippen molar-refractivity contribution in [3.8, 4) is 0 Å². The predicted octanol–water partition coefficient (Wildman–Crippen LogP) is 3.48. The first-order valence-electron chi connectivity index (χ1n) is 7.42. The maximum atomic E-state index is 12.9. The van der Waals surface area contributed by atoms with Crippen molar-refractivity contribution in [3.63, 3.8) is 0 Å². The minimum absolute atomic E-state index is 0.0743.